The summed E-state index contributed by atoms with van der Waals surface area (Å²) >= 11 is 1.64. The molecule has 0 bridgehead atoms. The smallest absolute Gasteiger partial charge is 0.413 e. The van der Waals surface area contributed by atoms with Crippen LogP contribution in [0.25, 0.3) is 0 Å². The van der Waals surface area contributed by atoms with Gasteiger partial charge in [-0.05, 0) is 38.3 Å². The Morgan fingerprint density at radius 2 is 2.00 bits per heavy atom. The minimum atomic E-state index is -0.863. The molecule has 2 rings (SSSR count). The number of aromatic nitrogens is 1. The van der Waals surface area contributed by atoms with Crippen molar-refractivity contribution in [3.05, 3.63) is 45.4 Å². The van der Waals surface area contributed by atoms with Gasteiger partial charge in [-0.1, -0.05) is 6.07 Å². The fourth-order valence-corrected chi connectivity index (χ4v) is 3.03. The summed E-state index contributed by atoms with van der Waals surface area (Å²) in [6.07, 6.45) is -0.863. The van der Waals surface area contributed by atoms with Gasteiger partial charge in [-0.2, -0.15) is 0 Å². The molecule has 0 saturated carbocycles. The second-order valence-electron chi connectivity index (χ2n) is 5.30. The topological polar surface area (TPSA) is 86.6 Å². The number of ether oxygens (including phenoxy) is 2. The first kappa shape index (κ1) is 18.7. The van der Waals surface area contributed by atoms with Gasteiger partial charge in [0.05, 0.1) is 18.7 Å². The number of nitrogens with zero attached hydrogens (tertiary/aromatic N) is 1. The molecule has 2 aromatic rings. The van der Waals surface area contributed by atoms with E-state index in [4.69, 9.17) is 4.74 Å². The summed E-state index contributed by atoms with van der Waals surface area (Å²) in [5.41, 5.74) is 2.09. The van der Waals surface area contributed by atoms with Crippen molar-refractivity contribution in [2.45, 2.75) is 27.3 Å². The molecule has 0 aliphatic heterocycles. The van der Waals surface area contributed by atoms with Crippen LogP contribution in [0.4, 0.5) is 4.79 Å². The fraction of sp³-hybridized carbons (Fsp3) is 0.353. The van der Waals surface area contributed by atoms with Gasteiger partial charge >= 0.3 is 12.1 Å². The number of carbonyl (C=O) groups excluding carboxylic acids is 3. The zero-order chi connectivity index (χ0) is 18.4. The van der Waals surface area contributed by atoms with Crippen LogP contribution in [-0.4, -0.2) is 35.8 Å². The predicted molar refractivity (Wildman–Crippen MR) is 92.8 cm³/mol. The van der Waals surface area contributed by atoms with Crippen LogP contribution >= 0.6 is 11.3 Å². The Kier molecular flexibility index (Phi) is 6.35. The van der Waals surface area contributed by atoms with Gasteiger partial charge in [0, 0.05) is 16.3 Å². The normalized spacial score (nSPS) is 10.4. The van der Waals surface area contributed by atoms with E-state index in [0.29, 0.717) is 12.1 Å². The van der Waals surface area contributed by atoms with E-state index < -0.39 is 24.6 Å². The van der Waals surface area contributed by atoms with Crippen LogP contribution in [-0.2, 0) is 20.8 Å². The molecule has 0 radical (unpaired) electrons. The number of hydrogen-bond donors (Lipinski definition) is 1. The van der Waals surface area contributed by atoms with E-state index in [-0.39, 0.29) is 6.61 Å². The molecule has 0 aliphatic carbocycles. The molecule has 2 amide bonds. The first-order valence-electron chi connectivity index (χ1n) is 7.75. The van der Waals surface area contributed by atoms with Gasteiger partial charge in [0.25, 0.3) is 5.91 Å². The standard InChI is InChI=1S/C17H20N2O5S/c1-4-23-17(22)18-15(20)10-24-16(21)14-8-11(2)19(12(14)3)9-13-6-5-7-25-13/h5-8H,4,9-10H2,1-3H3,(H,18,20,22). The number of thiophene rings is 1. The molecule has 0 saturated heterocycles. The Morgan fingerprint density at radius 1 is 1.24 bits per heavy atom. The second kappa shape index (κ2) is 8.48. The van der Waals surface area contributed by atoms with Crippen molar-refractivity contribution in [3.8, 4) is 0 Å². The van der Waals surface area contributed by atoms with Crippen molar-refractivity contribution >= 4 is 29.3 Å². The lowest BCUT2D eigenvalue weighted by Crippen LogP contribution is -2.34. The molecule has 0 atom stereocenters. The third-order valence-electron chi connectivity index (χ3n) is 3.54. The Labute approximate surface area is 149 Å². The van der Waals surface area contributed by atoms with Crippen LogP contribution in [0.15, 0.2) is 23.6 Å². The molecule has 2 aromatic heterocycles. The first-order valence-corrected chi connectivity index (χ1v) is 8.63. The zero-order valence-electron chi connectivity index (χ0n) is 14.3. The molecule has 25 heavy (non-hydrogen) atoms. The number of imide groups is 1. The molecule has 134 valence electrons. The van der Waals surface area contributed by atoms with Crippen molar-refractivity contribution in [2.75, 3.05) is 13.2 Å². The zero-order valence-corrected chi connectivity index (χ0v) is 15.1. The van der Waals surface area contributed by atoms with Crippen LogP contribution in [0, 0.1) is 13.8 Å². The minimum absolute atomic E-state index is 0.148. The van der Waals surface area contributed by atoms with Gasteiger partial charge < -0.3 is 14.0 Å². The number of esters is 1. The second-order valence-corrected chi connectivity index (χ2v) is 6.33. The van der Waals surface area contributed by atoms with E-state index in [1.807, 2.05) is 41.2 Å². The van der Waals surface area contributed by atoms with Crippen molar-refractivity contribution in [1.82, 2.24) is 9.88 Å². The van der Waals surface area contributed by atoms with Crippen molar-refractivity contribution < 1.29 is 23.9 Å². The lowest BCUT2D eigenvalue weighted by atomic mass is 10.2. The highest BCUT2D eigenvalue weighted by atomic mass is 32.1. The van der Waals surface area contributed by atoms with Crippen LogP contribution in [0.5, 0.6) is 0 Å². The summed E-state index contributed by atoms with van der Waals surface area (Å²) in [5.74, 6) is -1.34. The van der Waals surface area contributed by atoms with Gasteiger partial charge in [-0.25, -0.2) is 9.59 Å². The lowest BCUT2D eigenvalue weighted by molar-refractivity contribution is -0.123. The van der Waals surface area contributed by atoms with Crippen LogP contribution in [0.3, 0.4) is 0 Å². The molecule has 7 nitrogen and oxygen atoms in total. The highest BCUT2D eigenvalue weighted by Gasteiger charge is 2.19. The predicted octanol–water partition coefficient (Wildman–Crippen LogP) is 2.64. The number of nitrogens with one attached hydrogen (secondary N) is 1. The number of carbonyl (C=O) groups is 3. The maximum Gasteiger partial charge on any atom is 0.413 e. The summed E-state index contributed by atoms with van der Waals surface area (Å²) in [7, 11) is 0. The molecule has 0 fully saturated rings. The maximum atomic E-state index is 12.2. The average molecular weight is 364 g/mol. The van der Waals surface area contributed by atoms with Gasteiger partial charge in [-0.15, -0.1) is 11.3 Å². The minimum Gasteiger partial charge on any atom is -0.452 e. The number of rotatable bonds is 6. The monoisotopic (exact) mass is 364 g/mol. The largest absolute Gasteiger partial charge is 0.452 e. The molecular formula is C17H20N2O5S. The summed E-state index contributed by atoms with van der Waals surface area (Å²) in [6.45, 7) is 5.63. The van der Waals surface area contributed by atoms with E-state index >= 15 is 0 Å². The van der Waals surface area contributed by atoms with E-state index in [1.54, 1.807) is 24.3 Å². The van der Waals surface area contributed by atoms with E-state index in [1.165, 1.54) is 4.88 Å². The number of hydrogen-bond acceptors (Lipinski definition) is 6. The number of alkyl carbamates (subject to hydrolysis) is 1. The van der Waals surface area contributed by atoms with E-state index in [2.05, 4.69) is 4.74 Å². The molecule has 2 heterocycles. The van der Waals surface area contributed by atoms with E-state index in [0.717, 1.165) is 11.4 Å². The van der Waals surface area contributed by atoms with Crippen molar-refractivity contribution in [3.63, 3.8) is 0 Å². The molecule has 0 aromatic carbocycles. The quantitative estimate of drug-likeness (QED) is 0.796. The summed E-state index contributed by atoms with van der Waals surface area (Å²) < 4.78 is 11.6. The number of aryl methyl sites for hydroxylation is 1. The fourth-order valence-electron chi connectivity index (χ4n) is 2.34. The SMILES string of the molecule is CCOC(=O)NC(=O)COC(=O)c1cc(C)n(Cc2cccs2)c1C. The summed E-state index contributed by atoms with van der Waals surface area (Å²) in [5, 5.41) is 3.97. The lowest BCUT2D eigenvalue weighted by Gasteiger charge is -2.08. The summed E-state index contributed by atoms with van der Waals surface area (Å²) in [6, 6.07) is 5.74. The van der Waals surface area contributed by atoms with Crippen molar-refractivity contribution in [1.29, 1.82) is 0 Å². The number of amides is 2. The first-order chi connectivity index (χ1) is 11.9. The molecular weight excluding hydrogens is 344 g/mol. The van der Waals surface area contributed by atoms with E-state index in [9.17, 15) is 14.4 Å². The van der Waals surface area contributed by atoms with Gasteiger partial charge in [-0.3, -0.25) is 10.1 Å². The molecule has 1 N–H and O–H groups in total. The Balaban J connectivity index is 1.98. The third-order valence-corrected chi connectivity index (χ3v) is 4.40. The maximum absolute atomic E-state index is 12.2. The van der Waals surface area contributed by atoms with Gasteiger partial charge in [0.1, 0.15) is 0 Å². The molecule has 0 unspecified atom stereocenters. The van der Waals surface area contributed by atoms with Crippen molar-refractivity contribution in [2.24, 2.45) is 0 Å². The van der Waals surface area contributed by atoms with Gasteiger partial charge in [0.2, 0.25) is 0 Å². The van der Waals surface area contributed by atoms with Gasteiger partial charge in [0.15, 0.2) is 6.61 Å². The molecule has 0 aliphatic rings. The highest BCUT2D eigenvalue weighted by Crippen LogP contribution is 2.19. The Hall–Kier alpha value is -2.61. The Morgan fingerprint density at radius 3 is 2.64 bits per heavy atom. The Bertz CT molecular complexity index is 764. The molecule has 0 spiro atoms. The highest BCUT2D eigenvalue weighted by molar-refractivity contribution is 7.09. The third kappa shape index (κ3) is 4.93. The average Bonchev–Trinajstić information content (AvgIpc) is 3.16. The van der Waals surface area contributed by atoms with Crippen LogP contribution < -0.4 is 5.32 Å². The summed E-state index contributed by atoms with van der Waals surface area (Å²) in [4.78, 5) is 36.1. The van der Waals surface area contributed by atoms with Crippen LogP contribution in [0.2, 0.25) is 0 Å². The van der Waals surface area contributed by atoms with Crippen LogP contribution in [0.1, 0.15) is 33.5 Å². The molecule has 8 heteroatoms.